The minimum Gasteiger partial charge on any atom is -0.483 e. The molecule has 0 aliphatic carbocycles. The number of fused-ring (bicyclic) bond motifs is 1. The third-order valence-electron chi connectivity index (χ3n) is 6.36. The zero-order valence-electron chi connectivity index (χ0n) is 19.4. The zero-order valence-corrected chi connectivity index (χ0v) is 19.4. The Morgan fingerprint density at radius 3 is 2.31 bits per heavy atom. The molecule has 0 atom stereocenters. The van der Waals surface area contributed by atoms with Gasteiger partial charge in [0.2, 0.25) is 5.91 Å². The fourth-order valence-electron chi connectivity index (χ4n) is 4.46. The van der Waals surface area contributed by atoms with E-state index in [1.165, 1.54) is 0 Å². The molecule has 0 radical (unpaired) electrons. The van der Waals surface area contributed by atoms with Crippen LogP contribution in [0.15, 0.2) is 48.5 Å². The number of ether oxygens (including phenoxy) is 2. The van der Waals surface area contributed by atoms with Crippen LogP contribution in [0.2, 0.25) is 0 Å². The predicted molar refractivity (Wildman–Crippen MR) is 123 cm³/mol. The van der Waals surface area contributed by atoms with Crippen molar-refractivity contribution in [3.05, 3.63) is 59.7 Å². The second kappa shape index (κ2) is 8.49. The number of rotatable bonds is 5. The molecular weight excluding hydrogens is 404 g/mol. The number of piperazine rings is 1. The van der Waals surface area contributed by atoms with E-state index in [4.69, 9.17) is 9.47 Å². The van der Waals surface area contributed by atoms with Gasteiger partial charge in [-0.1, -0.05) is 42.5 Å². The molecule has 1 saturated heterocycles. The number of para-hydroxylation sites is 1. The van der Waals surface area contributed by atoms with Crippen LogP contribution >= 0.6 is 0 Å². The first-order valence-corrected chi connectivity index (χ1v) is 11.2. The summed E-state index contributed by atoms with van der Waals surface area (Å²) < 4.78 is 11.9. The van der Waals surface area contributed by atoms with Gasteiger partial charge >= 0.3 is 0 Å². The van der Waals surface area contributed by atoms with Crippen LogP contribution in [0.4, 0.5) is 0 Å². The Kier molecular flexibility index (Phi) is 5.89. The van der Waals surface area contributed by atoms with Gasteiger partial charge in [0.15, 0.2) is 18.1 Å². The number of carbonyl (C=O) groups excluding carboxylic acids is 2. The lowest BCUT2D eigenvalue weighted by molar-refractivity contribution is -0.143. The highest BCUT2D eigenvalue weighted by Crippen LogP contribution is 2.41. The van der Waals surface area contributed by atoms with E-state index in [9.17, 15) is 9.59 Å². The van der Waals surface area contributed by atoms with Gasteiger partial charge in [0.25, 0.3) is 5.91 Å². The number of hydrogen-bond donors (Lipinski definition) is 0. The average Bonchev–Trinajstić information content (AvgIpc) is 3.12. The van der Waals surface area contributed by atoms with E-state index in [0.717, 1.165) is 23.3 Å². The second-order valence-electron chi connectivity index (χ2n) is 9.74. The highest BCUT2D eigenvalue weighted by Gasteiger charge is 2.36. The quantitative estimate of drug-likeness (QED) is 0.721. The Morgan fingerprint density at radius 2 is 1.62 bits per heavy atom. The third-order valence-corrected chi connectivity index (χ3v) is 6.36. The van der Waals surface area contributed by atoms with Crippen LogP contribution in [0.3, 0.4) is 0 Å². The Morgan fingerprint density at radius 1 is 0.969 bits per heavy atom. The molecule has 2 aliphatic heterocycles. The van der Waals surface area contributed by atoms with E-state index in [0.29, 0.717) is 31.9 Å². The summed E-state index contributed by atoms with van der Waals surface area (Å²) in [6.45, 7) is 10.0. The summed E-state index contributed by atoms with van der Waals surface area (Å²) >= 11 is 0. The first-order valence-electron chi connectivity index (χ1n) is 11.2. The molecule has 4 rings (SSSR count). The number of nitrogens with zero attached hydrogens (tertiary/aromatic N) is 2. The van der Waals surface area contributed by atoms with Gasteiger partial charge in [0.1, 0.15) is 5.60 Å². The molecule has 2 aromatic carbocycles. The monoisotopic (exact) mass is 436 g/mol. The minimum atomic E-state index is -0.599. The first-order chi connectivity index (χ1) is 15.2. The second-order valence-corrected chi connectivity index (χ2v) is 9.74. The maximum absolute atomic E-state index is 13.2. The van der Waals surface area contributed by atoms with Crippen LogP contribution in [0.1, 0.15) is 38.8 Å². The molecule has 2 aromatic rings. The maximum atomic E-state index is 13.2. The van der Waals surface area contributed by atoms with Crippen molar-refractivity contribution in [1.82, 2.24) is 9.80 Å². The number of hydrogen-bond acceptors (Lipinski definition) is 4. The summed E-state index contributed by atoms with van der Waals surface area (Å²) in [4.78, 5) is 29.5. The van der Waals surface area contributed by atoms with Gasteiger partial charge in [-0.25, -0.2) is 0 Å². The fourth-order valence-corrected chi connectivity index (χ4v) is 4.46. The summed E-state index contributed by atoms with van der Waals surface area (Å²) in [5, 5.41) is 0. The van der Waals surface area contributed by atoms with Crippen molar-refractivity contribution in [2.75, 3.05) is 32.8 Å². The molecule has 6 nitrogen and oxygen atoms in total. The van der Waals surface area contributed by atoms with Crippen molar-refractivity contribution in [3.63, 3.8) is 0 Å². The van der Waals surface area contributed by atoms with Crippen molar-refractivity contribution < 1.29 is 19.1 Å². The molecule has 2 aliphatic rings. The van der Waals surface area contributed by atoms with Gasteiger partial charge in [0.05, 0.1) is 5.41 Å². The Hall–Kier alpha value is -3.02. The van der Waals surface area contributed by atoms with Gasteiger partial charge in [-0.15, -0.1) is 0 Å². The molecule has 1 fully saturated rings. The van der Waals surface area contributed by atoms with Gasteiger partial charge in [-0.05, 0) is 39.3 Å². The Bertz CT molecular complexity index is 992. The fraction of sp³-hybridized carbons (Fsp3) is 0.462. The largest absolute Gasteiger partial charge is 0.483 e. The molecule has 2 amide bonds. The highest BCUT2D eigenvalue weighted by molar-refractivity contribution is 5.87. The molecule has 32 heavy (non-hydrogen) atoms. The lowest BCUT2D eigenvalue weighted by Gasteiger charge is -2.38. The molecule has 0 aromatic heterocycles. The average molecular weight is 437 g/mol. The molecule has 0 spiro atoms. The van der Waals surface area contributed by atoms with Crippen LogP contribution in [-0.4, -0.2) is 60.0 Å². The third kappa shape index (κ3) is 4.45. The van der Waals surface area contributed by atoms with Crippen molar-refractivity contribution in [2.45, 2.75) is 45.1 Å². The smallest absolute Gasteiger partial charge is 0.260 e. The van der Waals surface area contributed by atoms with Crippen molar-refractivity contribution in [3.8, 4) is 11.5 Å². The molecular formula is C26H32N2O4. The summed E-state index contributed by atoms with van der Waals surface area (Å²) in [6.07, 6.45) is 0.822. The minimum absolute atomic E-state index is 0.0380. The molecule has 170 valence electrons. The topological polar surface area (TPSA) is 59.1 Å². The van der Waals surface area contributed by atoms with Gasteiger partial charge in [-0.3, -0.25) is 9.59 Å². The number of amides is 2. The number of benzene rings is 2. The van der Waals surface area contributed by atoms with Crippen LogP contribution in [0.5, 0.6) is 11.5 Å². The lowest BCUT2D eigenvalue weighted by atomic mass is 9.83. The first kappa shape index (κ1) is 22.2. The molecule has 0 N–H and O–H groups in total. The van der Waals surface area contributed by atoms with E-state index in [1.54, 1.807) is 4.90 Å². The van der Waals surface area contributed by atoms with E-state index >= 15 is 0 Å². The van der Waals surface area contributed by atoms with E-state index in [2.05, 4.69) is 0 Å². The van der Waals surface area contributed by atoms with Crippen LogP contribution in [0, 0.1) is 0 Å². The zero-order chi connectivity index (χ0) is 22.9. The van der Waals surface area contributed by atoms with Gasteiger partial charge in [-0.2, -0.15) is 0 Å². The van der Waals surface area contributed by atoms with Crippen LogP contribution < -0.4 is 9.47 Å². The van der Waals surface area contributed by atoms with E-state index in [-0.39, 0.29) is 24.0 Å². The molecule has 0 saturated carbocycles. The molecule has 0 bridgehead atoms. The van der Waals surface area contributed by atoms with Crippen LogP contribution in [0.25, 0.3) is 0 Å². The SMILES string of the molecule is CC1(C)Cc2cccc(OCC(=O)N3CCN(C(=O)C(C)(C)c4ccccc4)CC3)c2O1. The predicted octanol–water partition coefficient (Wildman–Crippen LogP) is 3.43. The Balaban J connectivity index is 1.31. The van der Waals surface area contributed by atoms with Crippen molar-refractivity contribution in [1.29, 1.82) is 0 Å². The van der Waals surface area contributed by atoms with Crippen molar-refractivity contribution in [2.24, 2.45) is 0 Å². The van der Waals surface area contributed by atoms with E-state index < -0.39 is 5.41 Å². The maximum Gasteiger partial charge on any atom is 0.260 e. The lowest BCUT2D eigenvalue weighted by Crippen LogP contribution is -2.55. The molecule has 0 unspecified atom stereocenters. The standard InChI is InChI=1S/C26H32N2O4/c1-25(2)17-19-9-8-12-21(23(19)32-25)31-18-22(29)27-13-15-28(16-14-27)24(30)26(3,4)20-10-6-5-7-11-20/h5-12H,13-18H2,1-4H3. The van der Waals surface area contributed by atoms with Crippen molar-refractivity contribution >= 4 is 11.8 Å². The Labute approximate surface area is 190 Å². The van der Waals surface area contributed by atoms with Crippen LogP contribution in [-0.2, 0) is 21.4 Å². The van der Waals surface area contributed by atoms with Gasteiger partial charge in [0, 0.05) is 38.2 Å². The molecule has 6 heteroatoms. The van der Waals surface area contributed by atoms with E-state index in [1.807, 2.05) is 81.1 Å². The summed E-state index contributed by atoms with van der Waals surface area (Å²) in [5.41, 5.74) is 1.24. The summed E-state index contributed by atoms with van der Waals surface area (Å²) in [7, 11) is 0. The summed E-state index contributed by atoms with van der Waals surface area (Å²) in [6, 6.07) is 15.6. The molecule has 2 heterocycles. The normalized spacial score (nSPS) is 17.5. The van der Waals surface area contributed by atoms with Gasteiger partial charge < -0.3 is 19.3 Å². The summed E-state index contributed by atoms with van der Waals surface area (Å²) in [5.74, 6) is 1.37. The number of carbonyl (C=O) groups is 2. The highest BCUT2D eigenvalue weighted by atomic mass is 16.5.